The lowest BCUT2D eigenvalue weighted by molar-refractivity contribution is -0.0512. The van der Waals surface area contributed by atoms with Crippen LogP contribution in [0.25, 0.3) is 0 Å². The molecule has 0 radical (unpaired) electrons. The van der Waals surface area contributed by atoms with Gasteiger partial charge in [0.25, 0.3) is 5.91 Å². The molecular formula is C19H19F2NO7. The van der Waals surface area contributed by atoms with Gasteiger partial charge in [0, 0.05) is 17.7 Å². The number of rotatable bonds is 8. The number of esters is 1. The summed E-state index contributed by atoms with van der Waals surface area (Å²) in [6, 6.07) is 6.43. The predicted octanol–water partition coefficient (Wildman–Crippen LogP) is 3.35. The monoisotopic (exact) mass is 411 g/mol. The zero-order valence-electron chi connectivity index (χ0n) is 16.1. The molecule has 0 aliphatic heterocycles. The summed E-state index contributed by atoms with van der Waals surface area (Å²) in [7, 11) is 5.23. The number of carbonyl (C=O) groups excluding carboxylic acids is 2. The van der Waals surface area contributed by atoms with E-state index in [0.29, 0.717) is 0 Å². The van der Waals surface area contributed by atoms with Crippen LogP contribution in [0.4, 0.5) is 14.5 Å². The normalized spacial score (nSPS) is 10.3. The third-order valence-corrected chi connectivity index (χ3v) is 3.82. The summed E-state index contributed by atoms with van der Waals surface area (Å²) >= 11 is 0. The fourth-order valence-corrected chi connectivity index (χ4v) is 2.46. The van der Waals surface area contributed by atoms with Gasteiger partial charge in [-0.05, 0) is 18.2 Å². The van der Waals surface area contributed by atoms with E-state index in [0.717, 1.165) is 0 Å². The van der Waals surface area contributed by atoms with E-state index in [2.05, 4.69) is 10.1 Å². The van der Waals surface area contributed by atoms with Gasteiger partial charge in [-0.3, -0.25) is 4.79 Å². The van der Waals surface area contributed by atoms with Gasteiger partial charge in [-0.25, -0.2) is 4.79 Å². The molecule has 0 saturated heterocycles. The maximum atomic E-state index is 12.7. The van der Waals surface area contributed by atoms with E-state index in [1.165, 1.54) is 58.8 Å². The van der Waals surface area contributed by atoms with Crippen LogP contribution in [0.1, 0.15) is 20.7 Å². The zero-order valence-corrected chi connectivity index (χ0v) is 16.1. The second-order valence-electron chi connectivity index (χ2n) is 5.44. The lowest BCUT2D eigenvalue weighted by Gasteiger charge is -2.15. The van der Waals surface area contributed by atoms with E-state index in [9.17, 15) is 18.4 Å². The van der Waals surface area contributed by atoms with Gasteiger partial charge in [-0.2, -0.15) is 8.78 Å². The number of halogens is 2. The molecule has 29 heavy (non-hydrogen) atoms. The number of hydrogen-bond acceptors (Lipinski definition) is 7. The van der Waals surface area contributed by atoms with Crippen LogP contribution in [0, 0.1) is 0 Å². The van der Waals surface area contributed by atoms with Crippen molar-refractivity contribution < 1.29 is 42.1 Å². The number of hydrogen-bond donors (Lipinski definition) is 1. The van der Waals surface area contributed by atoms with Crippen molar-refractivity contribution in [3.63, 3.8) is 0 Å². The molecule has 10 heteroatoms. The Bertz CT molecular complexity index is 902. The minimum atomic E-state index is -3.04. The Labute approximate surface area is 165 Å². The summed E-state index contributed by atoms with van der Waals surface area (Å²) in [4.78, 5) is 24.7. The molecule has 156 valence electrons. The molecule has 8 nitrogen and oxygen atoms in total. The van der Waals surface area contributed by atoms with Crippen LogP contribution in [0.3, 0.4) is 0 Å². The Morgan fingerprint density at radius 2 is 1.45 bits per heavy atom. The Morgan fingerprint density at radius 1 is 0.862 bits per heavy atom. The van der Waals surface area contributed by atoms with Crippen molar-refractivity contribution in [2.24, 2.45) is 0 Å². The molecule has 0 bridgehead atoms. The number of benzene rings is 2. The maximum absolute atomic E-state index is 12.7. The minimum absolute atomic E-state index is 0.0307. The van der Waals surface area contributed by atoms with E-state index in [1.807, 2.05) is 0 Å². The van der Waals surface area contributed by atoms with Gasteiger partial charge in [0.15, 0.2) is 23.0 Å². The molecule has 0 saturated carbocycles. The van der Waals surface area contributed by atoms with Gasteiger partial charge < -0.3 is 29.0 Å². The largest absolute Gasteiger partial charge is 0.493 e. The molecule has 2 aromatic rings. The van der Waals surface area contributed by atoms with Gasteiger partial charge in [0.2, 0.25) is 0 Å². The summed E-state index contributed by atoms with van der Waals surface area (Å²) < 4.78 is 49.3. The molecule has 0 heterocycles. The summed E-state index contributed by atoms with van der Waals surface area (Å²) in [5.41, 5.74) is 0.212. The van der Waals surface area contributed by atoms with Crippen LogP contribution in [0.2, 0.25) is 0 Å². The highest BCUT2D eigenvalue weighted by Crippen LogP contribution is 2.34. The number of carbonyl (C=O) groups is 2. The fraction of sp³-hybridized carbons (Fsp3) is 0.263. The summed E-state index contributed by atoms with van der Waals surface area (Å²) in [5, 5.41) is 2.56. The van der Waals surface area contributed by atoms with Crippen LogP contribution >= 0.6 is 0 Å². The molecule has 0 aliphatic carbocycles. The standard InChI is InChI=1S/C19H19F2NO7/c1-25-14-7-10(5-6-13(14)29-19(20)21)17(23)22-12-9-16(27-3)15(26-2)8-11(12)18(24)28-4/h5-9,19H,1-4H3,(H,22,23). The number of amides is 1. The molecule has 2 rings (SSSR count). The summed E-state index contributed by atoms with van der Waals surface area (Å²) in [6.45, 7) is -3.04. The molecular weight excluding hydrogens is 392 g/mol. The highest BCUT2D eigenvalue weighted by Gasteiger charge is 2.20. The van der Waals surface area contributed by atoms with Crippen molar-refractivity contribution in [3.8, 4) is 23.0 Å². The van der Waals surface area contributed by atoms with E-state index in [1.54, 1.807) is 0 Å². The zero-order chi connectivity index (χ0) is 21.6. The number of anilines is 1. The molecule has 0 unspecified atom stereocenters. The number of alkyl halides is 2. The van der Waals surface area contributed by atoms with Crippen LogP contribution in [0.15, 0.2) is 30.3 Å². The first-order chi connectivity index (χ1) is 13.8. The predicted molar refractivity (Wildman–Crippen MR) is 98.5 cm³/mol. The van der Waals surface area contributed by atoms with Gasteiger partial charge in [-0.15, -0.1) is 0 Å². The van der Waals surface area contributed by atoms with Crippen LogP contribution in [-0.2, 0) is 4.74 Å². The average Bonchev–Trinajstić information content (AvgIpc) is 2.72. The SMILES string of the molecule is COC(=O)c1cc(OC)c(OC)cc1NC(=O)c1ccc(OC(F)F)c(OC)c1. The quantitative estimate of drug-likeness (QED) is 0.666. The van der Waals surface area contributed by atoms with Crippen LogP contribution in [-0.4, -0.2) is 46.9 Å². The van der Waals surface area contributed by atoms with E-state index in [4.69, 9.17) is 18.9 Å². The third kappa shape index (κ3) is 5.03. The first-order valence-corrected chi connectivity index (χ1v) is 8.13. The highest BCUT2D eigenvalue weighted by atomic mass is 19.3. The van der Waals surface area contributed by atoms with E-state index >= 15 is 0 Å². The topological polar surface area (TPSA) is 92.3 Å². The number of ether oxygens (including phenoxy) is 5. The van der Waals surface area contributed by atoms with Crippen molar-refractivity contribution >= 4 is 17.6 Å². The minimum Gasteiger partial charge on any atom is -0.493 e. The molecule has 2 aromatic carbocycles. The molecule has 0 aliphatic rings. The molecule has 1 amide bonds. The fourth-order valence-electron chi connectivity index (χ4n) is 2.46. The Kier molecular flexibility index (Phi) is 7.18. The Balaban J connectivity index is 2.40. The lowest BCUT2D eigenvalue weighted by Crippen LogP contribution is -2.16. The smallest absolute Gasteiger partial charge is 0.387 e. The van der Waals surface area contributed by atoms with Crippen molar-refractivity contribution in [3.05, 3.63) is 41.5 Å². The van der Waals surface area contributed by atoms with Gasteiger partial charge >= 0.3 is 12.6 Å². The molecule has 0 aromatic heterocycles. The first-order valence-electron chi connectivity index (χ1n) is 8.13. The lowest BCUT2D eigenvalue weighted by atomic mass is 10.1. The molecule has 0 spiro atoms. The Morgan fingerprint density at radius 3 is 2.00 bits per heavy atom. The van der Waals surface area contributed by atoms with Crippen molar-refractivity contribution in [1.29, 1.82) is 0 Å². The molecule has 1 N–H and O–H groups in total. The Hall–Kier alpha value is -3.56. The molecule has 0 fully saturated rings. The van der Waals surface area contributed by atoms with Gasteiger partial charge in [0.05, 0.1) is 39.7 Å². The maximum Gasteiger partial charge on any atom is 0.387 e. The molecule has 0 atom stereocenters. The number of methoxy groups -OCH3 is 4. The van der Waals surface area contributed by atoms with E-state index < -0.39 is 18.5 Å². The van der Waals surface area contributed by atoms with Gasteiger partial charge in [-0.1, -0.05) is 0 Å². The van der Waals surface area contributed by atoms with Crippen molar-refractivity contribution in [2.75, 3.05) is 33.8 Å². The number of nitrogens with one attached hydrogen (secondary N) is 1. The van der Waals surface area contributed by atoms with Crippen LogP contribution in [0.5, 0.6) is 23.0 Å². The summed E-state index contributed by atoms with van der Waals surface area (Å²) in [5.74, 6) is -1.09. The summed E-state index contributed by atoms with van der Waals surface area (Å²) in [6.07, 6.45) is 0. The van der Waals surface area contributed by atoms with Crippen molar-refractivity contribution in [1.82, 2.24) is 0 Å². The van der Waals surface area contributed by atoms with Crippen molar-refractivity contribution in [2.45, 2.75) is 6.61 Å². The first kappa shape index (κ1) is 21.7. The third-order valence-electron chi connectivity index (χ3n) is 3.82. The second kappa shape index (κ2) is 9.58. The highest BCUT2D eigenvalue weighted by molar-refractivity contribution is 6.08. The van der Waals surface area contributed by atoms with Gasteiger partial charge in [0.1, 0.15) is 0 Å². The van der Waals surface area contributed by atoms with Crippen LogP contribution < -0.4 is 24.3 Å². The van der Waals surface area contributed by atoms with E-state index in [-0.39, 0.29) is 39.8 Å². The second-order valence-corrected chi connectivity index (χ2v) is 5.44. The average molecular weight is 411 g/mol.